The predicted molar refractivity (Wildman–Crippen MR) is 93.2 cm³/mol. The Balaban J connectivity index is -0.000000379. The van der Waals surface area contributed by atoms with Gasteiger partial charge in [-0.05, 0) is 13.5 Å². The lowest BCUT2D eigenvalue weighted by molar-refractivity contribution is -0.118. The average Bonchev–Trinajstić information content (AvgIpc) is 2.81. The number of unbranched alkanes of at least 4 members (excludes halogenated alkanes) is 1. The highest BCUT2D eigenvalue weighted by Gasteiger charge is 2.13. The predicted octanol–water partition coefficient (Wildman–Crippen LogP) is 2.44. The van der Waals surface area contributed by atoms with E-state index in [-0.39, 0.29) is 31.6 Å². The molecule has 3 atom stereocenters. The molecule has 6 heteroatoms. The Morgan fingerprint density at radius 3 is 2.21 bits per heavy atom. The van der Waals surface area contributed by atoms with Crippen LogP contribution in [-0.4, -0.2) is 28.3 Å². The van der Waals surface area contributed by atoms with E-state index < -0.39 is 0 Å². The van der Waals surface area contributed by atoms with E-state index in [1.807, 2.05) is 6.92 Å². The van der Waals surface area contributed by atoms with E-state index in [9.17, 15) is 4.79 Å². The number of likely N-dealkylation sites (N-methyl/N-ethyl adjacent to an activating group) is 1. The molecule has 114 valence electrons. The van der Waals surface area contributed by atoms with Crippen LogP contribution in [0.3, 0.4) is 0 Å². The van der Waals surface area contributed by atoms with Crippen molar-refractivity contribution in [3.8, 4) is 0 Å². The summed E-state index contributed by atoms with van der Waals surface area (Å²) in [7, 11) is 0. The van der Waals surface area contributed by atoms with Crippen molar-refractivity contribution in [1.29, 1.82) is 0 Å². The smallest absolute Gasteiger partial charge is 0.147 e. The average molecular weight is 307 g/mol. The summed E-state index contributed by atoms with van der Waals surface area (Å²) in [6, 6.07) is -0.0922. The fourth-order valence-electron chi connectivity index (χ4n) is 1.22. The van der Waals surface area contributed by atoms with Crippen molar-refractivity contribution in [3.05, 3.63) is 18.2 Å². The number of aromatic nitrogens is 2. The zero-order valence-corrected chi connectivity index (χ0v) is 15.7. The quantitative estimate of drug-likeness (QED) is 0.794. The molecule has 0 radical (unpaired) electrons. The van der Waals surface area contributed by atoms with Crippen LogP contribution in [0.15, 0.2) is 12.5 Å². The largest absolute Gasteiger partial charge is 0.348 e. The van der Waals surface area contributed by atoms with Crippen molar-refractivity contribution in [1.82, 2.24) is 15.3 Å². The summed E-state index contributed by atoms with van der Waals surface area (Å²) < 4.78 is 0. The molecule has 1 heterocycles. The first kappa shape index (κ1) is 23.8. The molecule has 2 unspecified atom stereocenters. The van der Waals surface area contributed by atoms with Gasteiger partial charge in [0.25, 0.3) is 0 Å². The standard InChI is InChI=1S/C9H15N3O.C4H10.2H3P/c1-3-11-9(7(2)13)4-8-5-10-6-12-8;1-3-4-2;;/h5-6,9,11H,3-4H2,1-2H3,(H,10,12);3-4H2,1-2H3;2*1H3/t9-;;;/m0.../s1. The Bertz CT molecular complexity index is 290. The monoisotopic (exact) mass is 307 g/mol. The third-order valence-electron chi connectivity index (χ3n) is 2.42. The normalized spacial score (nSPS) is 10.3. The highest BCUT2D eigenvalue weighted by Crippen LogP contribution is 1.98. The zero-order chi connectivity index (χ0) is 13.1. The maximum absolute atomic E-state index is 11.2. The maximum atomic E-state index is 11.2. The van der Waals surface area contributed by atoms with E-state index in [4.69, 9.17) is 0 Å². The first-order chi connectivity index (χ1) is 8.15. The van der Waals surface area contributed by atoms with Crippen molar-refractivity contribution < 1.29 is 4.79 Å². The second kappa shape index (κ2) is 15.8. The Hall–Kier alpha value is -0.300. The third kappa shape index (κ3) is 12.5. The Morgan fingerprint density at radius 2 is 1.89 bits per heavy atom. The first-order valence-electron chi connectivity index (χ1n) is 6.36. The number of H-pyrrole nitrogens is 1. The van der Waals surface area contributed by atoms with E-state index in [1.165, 1.54) is 12.8 Å². The molecular weight excluding hydrogens is 276 g/mol. The molecule has 0 spiro atoms. The molecule has 1 aromatic rings. The van der Waals surface area contributed by atoms with Gasteiger partial charge < -0.3 is 10.3 Å². The highest BCUT2D eigenvalue weighted by atomic mass is 31.0. The molecule has 0 bridgehead atoms. The topological polar surface area (TPSA) is 57.8 Å². The Morgan fingerprint density at radius 1 is 1.32 bits per heavy atom. The van der Waals surface area contributed by atoms with E-state index in [0.717, 1.165) is 12.2 Å². The van der Waals surface area contributed by atoms with E-state index >= 15 is 0 Å². The number of ketones is 1. The van der Waals surface area contributed by atoms with Gasteiger partial charge in [0.05, 0.1) is 12.4 Å². The fourth-order valence-corrected chi connectivity index (χ4v) is 1.22. The van der Waals surface area contributed by atoms with E-state index in [1.54, 1.807) is 19.4 Å². The number of hydrogen-bond acceptors (Lipinski definition) is 3. The number of hydrogen-bond donors (Lipinski definition) is 2. The molecule has 0 aliphatic heterocycles. The number of nitrogens with one attached hydrogen (secondary N) is 2. The highest BCUT2D eigenvalue weighted by molar-refractivity contribution is 6.92. The molecule has 0 fully saturated rings. The summed E-state index contributed by atoms with van der Waals surface area (Å²) >= 11 is 0. The van der Waals surface area contributed by atoms with Crippen LogP contribution in [0.1, 0.15) is 46.2 Å². The number of nitrogens with zero attached hydrogens (tertiary/aromatic N) is 1. The van der Waals surface area contributed by atoms with Crippen LogP contribution in [-0.2, 0) is 11.2 Å². The number of carbonyl (C=O) groups excluding carboxylic acids is 1. The summed E-state index contributed by atoms with van der Waals surface area (Å²) in [5, 5.41) is 3.12. The molecule has 4 nitrogen and oxygen atoms in total. The number of Topliss-reactive ketones (excluding diaryl/α,β-unsaturated/α-hetero) is 1. The SMILES string of the molecule is CCCC.CCN[C@@H](Cc1cnc[nH]1)C(C)=O.P.P. The summed E-state index contributed by atoms with van der Waals surface area (Å²) in [5.41, 5.74) is 0.987. The molecule has 0 aromatic carbocycles. The van der Waals surface area contributed by atoms with Crippen molar-refractivity contribution >= 4 is 25.6 Å². The fraction of sp³-hybridized carbons (Fsp3) is 0.692. The molecular formula is C13H31N3OP2. The van der Waals surface area contributed by atoms with Crippen LogP contribution in [0.25, 0.3) is 0 Å². The summed E-state index contributed by atoms with van der Waals surface area (Å²) in [5.74, 6) is 0.163. The molecule has 0 aliphatic carbocycles. The van der Waals surface area contributed by atoms with Crippen molar-refractivity contribution in [2.45, 2.75) is 53.0 Å². The van der Waals surface area contributed by atoms with E-state index in [2.05, 4.69) is 29.1 Å². The number of imidazole rings is 1. The van der Waals surface area contributed by atoms with Crippen molar-refractivity contribution in [2.24, 2.45) is 0 Å². The van der Waals surface area contributed by atoms with Gasteiger partial charge in [0.1, 0.15) is 5.78 Å². The maximum Gasteiger partial charge on any atom is 0.147 e. The minimum atomic E-state index is -0.0922. The van der Waals surface area contributed by atoms with Gasteiger partial charge in [-0.2, -0.15) is 19.8 Å². The van der Waals surface area contributed by atoms with Gasteiger partial charge in [-0.25, -0.2) is 4.98 Å². The number of carbonyl (C=O) groups is 1. The van der Waals surface area contributed by atoms with Gasteiger partial charge in [0.2, 0.25) is 0 Å². The van der Waals surface area contributed by atoms with Gasteiger partial charge in [0.15, 0.2) is 0 Å². The summed E-state index contributed by atoms with van der Waals surface area (Å²) in [6.07, 6.45) is 6.69. The number of rotatable bonds is 6. The van der Waals surface area contributed by atoms with Gasteiger partial charge in [0, 0.05) is 18.3 Å². The summed E-state index contributed by atoms with van der Waals surface area (Å²) in [4.78, 5) is 18.0. The van der Waals surface area contributed by atoms with Gasteiger partial charge in [-0.15, -0.1) is 0 Å². The molecule has 0 aliphatic rings. The second-order valence-electron chi connectivity index (χ2n) is 4.00. The molecule has 0 amide bonds. The van der Waals surface area contributed by atoms with Gasteiger partial charge >= 0.3 is 0 Å². The molecule has 0 saturated heterocycles. The first-order valence-corrected chi connectivity index (χ1v) is 6.36. The van der Waals surface area contributed by atoms with Crippen LogP contribution < -0.4 is 5.32 Å². The van der Waals surface area contributed by atoms with E-state index in [0.29, 0.717) is 6.42 Å². The summed E-state index contributed by atoms with van der Waals surface area (Å²) in [6.45, 7) is 8.75. The zero-order valence-electron chi connectivity index (χ0n) is 12.8. The van der Waals surface area contributed by atoms with Crippen molar-refractivity contribution in [3.63, 3.8) is 0 Å². The van der Waals surface area contributed by atoms with Crippen LogP contribution in [0.5, 0.6) is 0 Å². The molecule has 1 rings (SSSR count). The third-order valence-corrected chi connectivity index (χ3v) is 2.42. The van der Waals surface area contributed by atoms with Crippen LogP contribution >= 0.6 is 19.8 Å². The van der Waals surface area contributed by atoms with Crippen molar-refractivity contribution in [2.75, 3.05) is 6.54 Å². The van der Waals surface area contributed by atoms with Crippen LogP contribution in [0.4, 0.5) is 0 Å². The minimum absolute atomic E-state index is 0. The lowest BCUT2D eigenvalue weighted by Gasteiger charge is -2.12. The molecule has 2 N–H and O–H groups in total. The van der Waals surface area contributed by atoms with Gasteiger partial charge in [-0.1, -0.05) is 33.6 Å². The molecule has 1 aromatic heterocycles. The molecule has 0 saturated carbocycles. The minimum Gasteiger partial charge on any atom is -0.348 e. The van der Waals surface area contributed by atoms with Gasteiger partial charge in [-0.3, -0.25) is 4.79 Å². The Labute approximate surface area is 124 Å². The second-order valence-corrected chi connectivity index (χ2v) is 4.00. The molecule has 19 heavy (non-hydrogen) atoms. The lowest BCUT2D eigenvalue weighted by atomic mass is 10.1. The number of aromatic amines is 1. The van der Waals surface area contributed by atoms with Crippen LogP contribution in [0, 0.1) is 0 Å². The van der Waals surface area contributed by atoms with Crippen LogP contribution in [0.2, 0.25) is 0 Å². The Kier molecular flexibility index (Phi) is 19.7. The lowest BCUT2D eigenvalue weighted by Crippen LogP contribution is -2.37.